The Labute approximate surface area is 248 Å². The van der Waals surface area contributed by atoms with Crippen molar-refractivity contribution in [3.05, 3.63) is 27.0 Å². The molecule has 2 heterocycles. The van der Waals surface area contributed by atoms with Crippen molar-refractivity contribution in [2.24, 2.45) is 23.2 Å². The standard InChI is InChI=1S/C20H25N2O6.3C4H9.Sn/c23-14-6-17(22-2-1-16(24)21-19(22)26)28-15(14)10-27-18(25)20-7-11-3-12(8-20)5-13(4-11)9-20;3*1-3-4-2;/h2,11-15,17,23H,3-10H2,(H,21,24,26);3*1,3-4H2,2H3;/t11?,12?,13?,14-,15+,17+,20?;;;;/m0..../s1. The van der Waals surface area contributed by atoms with Crippen molar-refractivity contribution in [2.45, 2.75) is 136 Å². The molecule has 0 spiro atoms. The van der Waals surface area contributed by atoms with Gasteiger partial charge < -0.3 is 0 Å². The SMILES string of the molecule is CCC[CH2][Sn]([CH2]CCC)([CH2]CCC)[c]1cn([C@H]2C[C@H](O)[C@@H](COC(=O)C34CC5CC(CC(C5)C3)C4)O2)c(=O)[nH]c1=O. The van der Waals surface area contributed by atoms with Gasteiger partial charge in [0, 0.05) is 0 Å². The van der Waals surface area contributed by atoms with Crippen molar-refractivity contribution in [1.29, 1.82) is 0 Å². The van der Waals surface area contributed by atoms with Crippen molar-refractivity contribution in [3.63, 3.8) is 0 Å². The summed E-state index contributed by atoms with van der Waals surface area (Å²) in [6, 6.07) is 0. The van der Waals surface area contributed by atoms with Crippen LogP contribution in [0.3, 0.4) is 0 Å². The quantitative estimate of drug-likeness (QED) is 0.212. The Morgan fingerprint density at radius 2 is 1.51 bits per heavy atom. The summed E-state index contributed by atoms with van der Waals surface area (Å²) in [6.45, 7) is 6.60. The number of hydrogen-bond donors (Lipinski definition) is 2. The second-order valence-corrected chi connectivity index (χ2v) is 27.2. The number of esters is 1. The first-order chi connectivity index (χ1) is 19.7. The normalized spacial score (nSPS) is 32.5. The van der Waals surface area contributed by atoms with E-state index >= 15 is 0 Å². The van der Waals surface area contributed by atoms with Gasteiger partial charge in [0.1, 0.15) is 0 Å². The number of carbonyl (C=O) groups is 1. The van der Waals surface area contributed by atoms with E-state index in [-0.39, 0.29) is 30.0 Å². The molecule has 1 aromatic heterocycles. The van der Waals surface area contributed by atoms with Crippen molar-refractivity contribution in [1.82, 2.24) is 9.55 Å². The number of rotatable bonds is 14. The molecule has 2 N–H and O–H groups in total. The van der Waals surface area contributed by atoms with E-state index in [1.54, 1.807) is 6.20 Å². The maximum absolute atomic E-state index is 13.4. The van der Waals surface area contributed by atoms with Crippen LogP contribution in [0.15, 0.2) is 15.8 Å². The van der Waals surface area contributed by atoms with Gasteiger partial charge in [0.25, 0.3) is 0 Å². The first-order valence-electron chi connectivity index (χ1n) is 16.6. The number of aromatic nitrogens is 2. The monoisotopic (exact) mass is 680 g/mol. The molecule has 41 heavy (non-hydrogen) atoms. The average Bonchev–Trinajstić information content (AvgIpc) is 3.30. The molecule has 1 aliphatic heterocycles. The molecule has 0 unspecified atom stereocenters. The van der Waals surface area contributed by atoms with Gasteiger partial charge in [-0.2, -0.15) is 0 Å². The number of aliphatic hydroxyl groups is 1. The summed E-state index contributed by atoms with van der Waals surface area (Å²) in [5, 5.41) is 10.9. The third kappa shape index (κ3) is 6.54. The van der Waals surface area contributed by atoms with Crippen LogP contribution < -0.4 is 14.8 Å². The van der Waals surface area contributed by atoms with Crippen LogP contribution in [0.5, 0.6) is 0 Å². The van der Waals surface area contributed by atoms with Gasteiger partial charge >= 0.3 is 230 Å². The Kier molecular flexibility index (Phi) is 10.1. The maximum atomic E-state index is 13.4. The van der Waals surface area contributed by atoms with Crippen LogP contribution in [0.25, 0.3) is 0 Å². The number of aliphatic hydroxyl groups excluding tert-OH is 1. The van der Waals surface area contributed by atoms with Crippen molar-refractivity contribution in [2.75, 3.05) is 6.61 Å². The number of carbonyl (C=O) groups excluding carboxylic acids is 1. The van der Waals surface area contributed by atoms with Crippen LogP contribution in [-0.2, 0) is 14.3 Å². The van der Waals surface area contributed by atoms with E-state index in [4.69, 9.17) is 9.47 Å². The second-order valence-electron chi connectivity index (χ2n) is 14.0. The molecule has 4 aliphatic carbocycles. The molecule has 3 atom stereocenters. The summed E-state index contributed by atoms with van der Waals surface area (Å²) in [6.07, 6.45) is 13.0. The summed E-state index contributed by atoms with van der Waals surface area (Å²) < 4.78 is 17.8. The van der Waals surface area contributed by atoms with E-state index in [1.165, 1.54) is 23.8 Å². The van der Waals surface area contributed by atoms with E-state index in [1.807, 2.05) is 0 Å². The molecule has 4 saturated carbocycles. The molecule has 0 aromatic carbocycles. The molecule has 8 nitrogen and oxygen atoms in total. The molecular weight excluding hydrogens is 627 g/mol. The Bertz CT molecular complexity index is 1120. The number of ether oxygens (including phenoxy) is 2. The Morgan fingerprint density at radius 1 is 0.976 bits per heavy atom. The molecular formula is C32H52N2O6Sn. The molecule has 0 radical (unpaired) electrons. The van der Waals surface area contributed by atoms with Crippen LogP contribution in [0.1, 0.15) is 110 Å². The van der Waals surface area contributed by atoms with Crippen molar-refractivity contribution < 1.29 is 19.4 Å². The van der Waals surface area contributed by atoms with Crippen LogP contribution in [0.4, 0.5) is 0 Å². The van der Waals surface area contributed by atoms with E-state index in [0.29, 0.717) is 17.8 Å². The minimum absolute atomic E-state index is 0.00409. The molecule has 4 bridgehead atoms. The fourth-order valence-corrected chi connectivity index (χ4v) is 25.1. The minimum atomic E-state index is -3.13. The zero-order valence-corrected chi connectivity index (χ0v) is 28.4. The van der Waals surface area contributed by atoms with Gasteiger partial charge in [-0.25, -0.2) is 0 Å². The summed E-state index contributed by atoms with van der Waals surface area (Å²) in [4.78, 5) is 42.4. The third-order valence-electron chi connectivity index (χ3n) is 10.9. The van der Waals surface area contributed by atoms with Crippen molar-refractivity contribution >= 4 is 27.9 Å². The molecule has 230 valence electrons. The van der Waals surface area contributed by atoms with E-state index < -0.39 is 42.5 Å². The predicted octanol–water partition coefficient (Wildman–Crippen LogP) is 5.00. The Morgan fingerprint density at radius 3 is 2.02 bits per heavy atom. The van der Waals surface area contributed by atoms with Crippen LogP contribution in [0, 0.1) is 23.2 Å². The third-order valence-corrected chi connectivity index (χ3v) is 26.4. The van der Waals surface area contributed by atoms with Gasteiger partial charge in [-0.3, -0.25) is 0 Å². The zero-order chi connectivity index (χ0) is 29.2. The van der Waals surface area contributed by atoms with Crippen LogP contribution in [0.2, 0.25) is 13.3 Å². The molecule has 0 amide bonds. The van der Waals surface area contributed by atoms with E-state index in [2.05, 4.69) is 25.8 Å². The summed E-state index contributed by atoms with van der Waals surface area (Å²) in [5.74, 6) is 1.83. The average molecular weight is 679 g/mol. The molecule has 1 saturated heterocycles. The fourth-order valence-electron chi connectivity index (χ4n) is 9.11. The summed E-state index contributed by atoms with van der Waals surface area (Å²) >= 11 is -3.13. The molecule has 5 fully saturated rings. The number of nitrogens with zero attached hydrogens (tertiary/aromatic N) is 1. The molecule has 6 rings (SSSR count). The molecule has 9 heteroatoms. The first-order valence-corrected chi connectivity index (χ1v) is 24.1. The Balaban J connectivity index is 1.32. The van der Waals surface area contributed by atoms with Gasteiger partial charge in [0.2, 0.25) is 0 Å². The predicted molar refractivity (Wildman–Crippen MR) is 162 cm³/mol. The number of unbranched alkanes of at least 4 members (excludes halogenated alkanes) is 3. The number of nitrogens with one attached hydrogen (secondary N) is 1. The Hall–Kier alpha value is -1.13. The number of aromatic amines is 1. The van der Waals surface area contributed by atoms with Gasteiger partial charge in [-0.05, 0) is 19.3 Å². The van der Waals surface area contributed by atoms with Crippen LogP contribution >= 0.6 is 0 Å². The van der Waals surface area contributed by atoms with Gasteiger partial charge in [-0.1, -0.05) is 0 Å². The number of hydrogen-bond acceptors (Lipinski definition) is 6. The fraction of sp³-hybridized carbons (Fsp3) is 0.844. The van der Waals surface area contributed by atoms with Gasteiger partial charge in [0.15, 0.2) is 0 Å². The van der Waals surface area contributed by atoms with E-state index in [0.717, 1.165) is 74.7 Å². The van der Waals surface area contributed by atoms with Crippen LogP contribution in [-0.4, -0.2) is 57.8 Å². The molecule has 5 aliphatic rings. The topological polar surface area (TPSA) is 111 Å². The zero-order valence-electron chi connectivity index (χ0n) is 25.5. The summed E-state index contributed by atoms with van der Waals surface area (Å²) in [7, 11) is 0. The van der Waals surface area contributed by atoms with Crippen molar-refractivity contribution in [3.8, 4) is 0 Å². The molecule has 1 aromatic rings. The summed E-state index contributed by atoms with van der Waals surface area (Å²) in [5.41, 5.74) is -1.07. The first kappa shape index (κ1) is 31.3. The second kappa shape index (κ2) is 13.2. The van der Waals surface area contributed by atoms with E-state index in [9.17, 15) is 19.5 Å². The number of H-pyrrole nitrogens is 1. The van der Waals surface area contributed by atoms with Gasteiger partial charge in [-0.15, -0.1) is 0 Å². The van der Waals surface area contributed by atoms with Gasteiger partial charge in [0.05, 0.1) is 0 Å².